The topological polar surface area (TPSA) is 121 Å². The van der Waals surface area contributed by atoms with Gasteiger partial charge in [0.05, 0.1) is 6.61 Å². The first-order valence-corrected chi connectivity index (χ1v) is 10.3. The lowest BCUT2D eigenvalue weighted by Gasteiger charge is -2.28. The number of ether oxygens (including phenoxy) is 5. The van der Waals surface area contributed by atoms with E-state index >= 15 is 0 Å². The van der Waals surface area contributed by atoms with Gasteiger partial charge in [-0.15, -0.1) is 0 Å². The molecule has 0 aromatic carbocycles. The van der Waals surface area contributed by atoms with Crippen molar-refractivity contribution in [2.24, 2.45) is 5.11 Å². The number of fused-ring (bicyclic) bond motifs is 1. The molecule has 0 aromatic rings. The molecule has 154 valence electrons. The Bertz CT molecular complexity index is 611. The summed E-state index contributed by atoms with van der Waals surface area (Å²) in [5.74, 6) is -1.18. The van der Waals surface area contributed by atoms with E-state index in [-0.39, 0.29) is 6.10 Å². The summed E-state index contributed by atoms with van der Waals surface area (Å²) >= 11 is -1.54. The largest absolute Gasteiger partial charge is 0.348 e. The van der Waals surface area contributed by atoms with Crippen molar-refractivity contribution in [3.63, 3.8) is 0 Å². The summed E-state index contributed by atoms with van der Waals surface area (Å²) in [5.41, 5.74) is 8.28. The molecule has 0 aliphatic carbocycles. The van der Waals surface area contributed by atoms with Gasteiger partial charge in [-0.1, -0.05) is 5.11 Å². The van der Waals surface area contributed by atoms with E-state index in [4.69, 9.17) is 33.4 Å². The van der Waals surface area contributed by atoms with Crippen LogP contribution in [-0.2, 0) is 38.9 Å². The Morgan fingerprint density at radius 3 is 2.59 bits per heavy atom. The highest BCUT2D eigenvalue weighted by Gasteiger charge is 2.59. The fourth-order valence-electron chi connectivity index (χ4n) is 3.41. The van der Waals surface area contributed by atoms with E-state index in [2.05, 4.69) is 10.0 Å². The molecule has 3 aliphatic rings. The molecule has 0 amide bonds. The second-order valence-electron chi connectivity index (χ2n) is 7.67. The van der Waals surface area contributed by atoms with E-state index in [0.29, 0.717) is 31.7 Å². The van der Waals surface area contributed by atoms with E-state index in [0.717, 1.165) is 0 Å². The van der Waals surface area contributed by atoms with Crippen molar-refractivity contribution in [3.8, 4) is 0 Å². The van der Waals surface area contributed by atoms with E-state index in [9.17, 15) is 4.21 Å². The van der Waals surface area contributed by atoms with Crippen molar-refractivity contribution >= 4 is 11.1 Å². The lowest BCUT2D eigenvalue weighted by molar-refractivity contribution is -0.230. The quantitative estimate of drug-likeness (QED) is 0.262. The van der Waals surface area contributed by atoms with E-state index in [1.54, 1.807) is 13.8 Å². The molecule has 11 heteroatoms. The third kappa shape index (κ3) is 5.18. The minimum absolute atomic E-state index is 0.333. The van der Waals surface area contributed by atoms with Crippen LogP contribution >= 0.6 is 0 Å². The van der Waals surface area contributed by atoms with Gasteiger partial charge >= 0.3 is 0 Å². The van der Waals surface area contributed by atoms with Gasteiger partial charge in [-0.05, 0) is 46.1 Å². The summed E-state index contributed by atoms with van der Waals surface area (Å²) in [6.07, 6.45) is -1.31. The number of rotatable bonds is 8. The first-order valence-electron chi connectivity index (χ1n) is 9.10. The Labute approximate surface area is 161 Å². The van der Waals surface area contributed by atoms with Gasteiger partial charge in [-0.25, -0.2) is 4.21 Å². The monoisotopic (exact) mass is 405 g/mol. The summed E-state index contributed by atoms with van der Waals surface area (Å²) in [6.45, 7) is 7.98. The number of nitrogens with zero attached hydrogens (tertiary/aromatic N) is 3. The molecular formula is C16H27N3O7S. The van der Waals surface area contributed by atoms with Crippen LogP contribution in [0.1, 0.15) is 40.5 Å². The predicted molar refractivity (Wildman–Crippen MR) is 94.7 cm³/mol. The minimum atomic E-state index is -1.54. The van der Waals surface area contributed by atoms with Crippen molar-refractivity contribution in [2.45, 2.75) is 82.8 Å². The number of hydrogen-bond donors (Lipinski definition) is 0. The first-order chi connectivity index (χ1) is 12.7. The standard InChI is InChI=1S/C16H27N3O7S/c1-15(2)21-9-10(23-15)11-12(13-14(22-11)25-16(3,4)24-13)26-27(20)8-6-5-7-18-19-17/h10-14H,5-9H2,1-4H3/t10-,11-,12+,13-,14-,27+/m1/s1. The molecule has 0 radical (unpaired) electrons. The molecule has 0 unspecified atom stereocenters. The smallest absolute Gasteiger partial charge is 0.190 e. The number of hydrogen-bond acceptors (Lipinski definition) is 8. The van der Waals surface area contributed by atoms with Gasteiger partial charge in [0.1, 0.15) is 24.4 Å². The van der Waals surface area contributed by atoms with Crippen LogP contribution < -0.4 is 0 Å². The second-order valence-corrected chi connectivity index (χ2v) is 8.87. The zero-order chi connectivity index (χ0) is 19.7. The Balaban J connectivity index is 1.62. The van der Waals surface area contributed by atoms with Gasteiger partial charge in [-0.3, -0.25) is 4.18 Å². The summed E-state index contributed by atoms with van der Waals surface area (Å²) in [6, 6.07) is 0. The molecule has 3 aliphatic heterocycles. The Morgan fingerprint density at radius 1 is 1.15 bits per heavy atom. The van der Waals surface area contributed by atoms with Crippen LogP contribution in [-0.4, -0.2) is 65.4 Å². The van der Waals surface area contributed by atoms with Crippen LogP contribution in [0.2, 0.25) is 0 Å². The first kappa shape index (κ1) is 20.9. The maximum absolute atomic E-state index is 12.4. The van der Waals surface area contributed by atoms with E-state index < -0.39 is 47.3 Å². The van der Waals surface area contributed by atoms with Crippen LogP contribution in [0.15, 0.2) is 5.11 Å². The average Bonchev–Trinajstić information content (AvgIpc) is 3.18. The number of azide groups is 1. The lowest BCUT2D eigenvalue weighted by Crippen LogP contribution is -2.44. The molecule has 0 bridgehead atoms. The molecule has 6 atom stereocenters. The summed E-state index contributed by atoms with van der Waals surface area (Å²) in [4.78, 5) is 2.70. The molecule has 0 saturated carbocycles. The molecule has 27 heavy (non-hydrogen) atoms. The SMILES string of the molecule is CC1(C)O[C@H]2O[C@H]([C@H]3COC(C)(C)O3)[C@H](O[S@](=O)CCCCN=[N+]=[N-])[C@H]2O1. The van der Waals surface area contributed by atoms with Crippen LogP contribution in [0.5, 0.6) is 0 Å². The molecule has 10 nitrogen and oxygen atoms in total. The fraction of sp³-hybridized carbons (Fsp3) is 1.00. The highest BCUT2D eigenvalue weighted by Crippen LogP contribution is 2.42. The minimum Gasteiger partial charge on any atom is -0.348 e. The van der Waals surface area contributed by atoms with E-state index in [1.807, 2.05) is 13.8 Å². The summed E-state index contributed by atoms with van der Waals surface area (Å²) in [7, 11) is 0. The van der Waals surface area contributed by atoms with Gasteiger partial charge in [0.2, 0.25) is 0 Å². The molecule has 3 heterocycles. The third-order valence-electron chi connectivity index (χ3n) is 4.52. The Kier molecular flexibility index (Phi) is 6.44. The van der Waals surface area contributed by atoms with E-state index in [1.165, 1.54) is 0 Å². The molecule has 0 spiro atoms. The zero-order valence-electron chi connectivity index (χ0n) is 16.0. The maximum atomic E-state index is 12.4. The predicted octanol–water partition coefficient (Wildman–Crippen LogP) is 2.15. The van der Waals surface area contributed by atoms with Crippen LogP contribution in [0.4, 0.5) is 0 Å². The summed E-state index contributed by atoms with van der Waals surface area (Å²) < 4.78 is 47.5. The van der Waals surface area contributed by atoms with Gasteiger partial charge < -0.3 is 23.7 Å². The Morgan fingerprint density at radius 2 is 1.93 bits per heavy atom. The van der Waals surface area contributed by atoms with Crippen molar-refractivity contribution in [1.82, 2.24) is 0 Å². The second kappa shape index (κ2) is 8.30. The molecule has 0 N–H and O–H groups in total. The highest BCUT2D eigenvalue weighted by molar-refractivity contribution is 7.80. The highest BCUT2D eigenvalue weighted by atomic mass is 32.2. The molecular weight excluding hydrogens is 378 g/mol. The lowest BCUT2D eigenvalue weighted by atomic mass is 10.1. The average molecular weight is 405 g/mol. The van der Waals surface area contributed by atoms with Gasteiger partial charge in [-0.2, -0.15) is 0 Å². The maximum Gasteiger partial charge on any atom is 0.190 e. The van der Waals surface area contributed by atoms with Crippen LogP contribution in [0.3, 0.4) is 0 Å². The third-order valence-corrected chi connectivity index (χ3v) is 5.58. The van der Waals surface area contributed by atoms with Crippen molar-refractivity contribution in [3.05, 3.63) is 10.4 Å². The normalized spacial score (nSPS) is 37.7. The van der Waals surface area contributed by atoms with Crippen LogP contribution in [0.25, 0.3) is 10.4 Å². The fourth-order valence-corrected chi connectivity index (χ4v) is 4.41. The van der Waals surface area contributed by atoms with Gasteiger partial charge in [0.25, 0.3) is 0 Å². The number of unbranched alkanes of at least 4 members (excludes halogenated alkanes) is 1. The van der Waals surface area contributed by atoms with Gasteiger partial charge in [0.15, 0.2) is 28.9 Å². The molecule has 3 fully saturated rings. The molecule has 3 rings (SSSR count). The van der Waals surface area contributed by atoms with Crippen molar-refractivity contribution < 1.29 is 32.1 Å². The van der Waals surface area contributed by atoms with Crippen molar-refractivity contribution in [1.29, 1.82) is 0 Å². The Hall–Kier alpha value is -0.780. The molecule has 0 aromatic heterocycles. The van der Waals surface area contributed by atoms with Gasteiger partial charge in [0, 0.05) is 17.2 Å². The molecule has 3 saturated heterocycles. The summed E-state index contributed by atoms with van der Waals surface area (Å²) in [5, 5.41) is 3.46. The van der Waals surface area contributed by atoms with Crippen LogP contribution in [0, 0.1) is 0 Å². The van der Waals surface area contributed by atoms with Crippen molar-refractivity contribution in [2.75, 3.05) is 18.9 Å². The zero-order valence-corrected chi connectivity index (χ0v) is 16.8.